The lowest BCUT2D eigenvalue weighted by Gasteiger charge is -2.09. The van der Waals surface area contributed by atoms with Crippen molar-refractivity contribution >= 4 is 11.8 Å². The molecule has 0 radical (unpaired) electrons. The standard InChI is InChI=1S/C5H8N2O4/c8-2-3(9)5(11)7-1-6-4(2)10/h2-3,8-9H,1H2,(H,6,10)(H,7,11). The molecule has 0 bridgehead atoms. The van der Waals surface area contributed by atoms with Gasteiger partial charge in [0.05, 0.1) is 6.67 Å². The second-order valence-corrected chi connectivity index (χ2v) is 2.15. The average Bonchev–Trinajstić information content (AvgIpc) is 2.07. The van der Waals surface area contributed by atoms with Crippen molar-refractivity contribution in [2.45, 2.75) is 12.2 Å². The molecule has 1 saturated heterocycles. The zero-order valence-corrected chi connectivity index (χ0v) is 5.57. The zero-order chi connectivity index (χ0) is 8.43. The Morgan fingerprint density at radius 2 is 1.45 bits per heavy atom. The van der Waals surface area contributed by atoms with Gasteiger partial charge < -0.3 is 20.8 Å². The van der Waals surface area contributed by atoms with Crippen LogP contribution in [0, 0.1) is 0 Å². The Hall–Kier alpha value is -1.14. The molecule has 1 rings (SSSR count). The molecule has 6 heteroatoms. The third-order valence-corrected chi connectivity index (χ3v) is 1.36. The minimum atomic E-state index is -1.67. The van der Waals surface area contributed by atoms with Crippen LogP contribution in [0.25, 0.3) is 0 Å². The number of aliphatic hydroxyl groups is 2. The summed E-state index contributed by atoms with van der Waals surface area (Å²) in [5.74, 6) is -1.51. The lowest BCUT2D eigenvalue weighted by molar-refractivity contribution is -0.142. The SMILES string of the molecule is O=C1NCNC(=O)C(O)C1O. The highest BCUT2D eigenvalue weighted by Crippen LogP contribution is 1.96. The smallest absolute Gasteiger partial charge is 0.253 e. The number of carbonyl (C=O) groups is 2. The van der Waals surface area contributed by atoms with Gasteiger partial charge in [-0.25, -0.2) is 0 Å². The monoisotopic (exact) mass is 160 g/mol. The van der Waals surface area contributed by atoms with Crippen molar-refractivity contribution in [1.82, 2.24) is 10.6 Å². The van der Waals surface area contributed by atoms with Crippen molar-refractivity contribution in [2.75, 3.05) is 6.67 Å². The molecule has 4 N–H and O–H groups in total. The summed E-state index contributed by atoms with van der Waals surface area (Å²) in [6, 6.07) is 0. The van der Waals surface area contributed by atoms with E-state index in [0.717, 1.165) is 0 Å². The van der Waals surface area contributed by atoms with E-state index < -0.39 is 24.0 Å². The van der Waals surface area contributed by atoms with Gasteiger partial charge in [0.2, 0.25) is 0 Å². The maximum Gasteiger partial charge on any atom is 0.253 e. The summed E-state index contributed by atoms with van der Waals surface area (Å²) < 4.78 is 0. The van der Waals surface area contributed by atoms with Gasteiger partial charge in [0.25, 0.3) is 11.8 Å². The van der Waals surface area contributed by atoms with Crippen molar-refractivity contribution in [3.63, 3.8) is 0 Å². The molecule has 0 saturated carbocycles. The van der Waals surface area contributed by atoms with Gasteiger partial charge in [-0.05, 0) is 0 Å². The largest absolute Gasteiger partial charge is 0.380 e. The molecule has 2 amide bonds. The first-order valence-electron chi connectivity index (χ1n) is 3.04. The van der Waals surface area contributed by atoms with Crippen LogP contribution in [0.4, 0.5) is 0 Å². The summed E-state index contributed by atoms with van der Waals surface area (Å²) >= 11 is 0. The Balaban J connectivity index is 2.73. The van der Waals surface area contributed by atoms with Gasteiger partial charge >= 0.3 is 0 Å². The van der Waals surface area contributed by atoms with Crippen LogP contribution >= 0.6 is 0 Å². The average molecular weight is 160 g/mol. The molecule has 0 spiro atoms. The normalized spacial score (nSPS) is 32.2. The molecule has 2 atom stereocenters. The Kier molecular flexibility index (Phi) is 2.06. The maximum absolute atomic E-state index is 10.7. The van der Waals surface area contributed by atoms with Crippen LogP contribution in [0.15, 0.2) is 0 Å². The molecule has 62 valence electrons. The van der Waals surface area contributed by atoms with Crippen LogP contribution in [0.1, 0.15) is 0 Å². The lowest BCUT2D eigenvalue weighted by atomic mass is 10.2. The minimum Gasteiger partial charge on any atom is -0.380 e. The van der Waals surface area contributed by atoms with Crippen molar-refractivity contribution in [3.8, 4) is 0 Å². The Morgan fingerprint density at radius 1 is 1.09 bits per heavy atom. The Labute approximate surface area is 62.2 Å². The molecule has 1 fully saturated rings. The summed E-state index contributed by atoms with van der Waals surface area (Å²) in [5, 5.41) is 22.1. The lowest BCUT2D eigenvalue weighted by Crippen LogP contribution is -2.42. The fraction of sp³-hybridized carbons (Fsp3) is 0.600. The summed E-state index contributed by atoms with van der Waals surface area (Å²) in [5.41, 5.74) is 0. The van der Waals surface area contributed by atoms with Gasteiger partial charge in [0.1, 0.15) is 0 Å². The van der Waals surface area contributed by atoms with E-state index in [9.17, 15) is 9.59 Å². The first-order valence-corrected chi connectivity index (χ1v) is 3.04. The van der Waals surface area contributed by atoms with E-state index in [-0.39, 0.29) is 6.67 Å². The maximum atomic E-state index is 10.7. The van der Waals surface area contributed by atoms with E-state index in [0.29, 0.717) is 0 Å². The fourth-order valence-corrected chi connectivity index (χ4v) is 0.714. The minimum absolute atomic E-state index is 0.0637. The molecule has 1 heterocycles. The van der Waals surface area contributed by atoms with E-state index in [1.54, 1.807) is 0 Å². The highest BCUT2D eigenvalue weighted by molar-refractivity contribution is 5.92. The number of hydrogen-bond acceptors (Lipinski definition) is 4. The topological polar surface area (TPSA) is 98.7 Å². The zero-order valence-electron chi connectivity index (χ0n) is 5.57. The van der Waals surface area contributed by atoms with Gasteiger partial charge in [-0.2, -0.15) is 0 Å². The molecular weight excluding hydrogens is 152 g/mol. The molecule has 1 aliphatic heterocycles. The highest BCUT2D eigenvalue weighted by Gasteiger charge is 2.32. The van der Waals surface area contributed by atoms with Crippen LogP contribution in [0.2, 0.25) is 0 Å². The molecular formula is C5H8N2O4. The van der Waals surface area contributed by atoms with Crippen molar-refractivity contribution in [1.29, 1.82) is 0 Å². The van der Waals surface area contributed by atoms with Crippen molar-refractivity contribution < 1.29 is 19.8 Å². The first kappa shape index (κ1) is 7.96. The second kappa shape index (κ2) is 2.85. The number of carbonyl (C=O) groups excluding carboxylic acids is 2. The fourth-order valence-electron chi connectivity index (χ4n) is 0.714. The molecule has 0 aromatic carbocycles. The number of aliphatic hydroxyl groups excluding tert-OH is 2. The van der Waals surface area contributed by atoms with Gasteiger partial charge in [-0.15, -0.1) is 0 Å². The van der Waals surface area contributed by atoms with Crippen molar-refractivity contribution in [2.24, 2.45) is 0 Å². The molecule has 6 nitrogen and oxygen atoms in total. The molecule has 0 aromatic heterocycles. The van der Waals surface area contributed by atoms with Gasteiger partial charge in [-0.3, -0.25) is 9.59 Å². The second-order valence-electron chi connectivity index (χ2n) is 2.15. The summed E-state index contributed by atoms with van der Waals surface area (Å²) in [6.45, 7) is -0.0637. The van der Waals surface area contributed by atoms with Crippen LogP contribution in [0.5, 0.6) is 0 Å². The predicted molar refractivity (Wildman–Crippen MR) is 33.2 cm³/mol. The van der Waals surface area contributed by atoms with Crippen molar-refractivity contribution in [3.05, 3.63) is 0 Å². The number of hydrogen-bond donors (Lipinski definition) is 4. The highest BCUT2D eigenvalue weighted by atomic mass is 16.3. The summed E-state index contributed by atoms with van der Waals surface area (Å²) in [4.78, 5) is 21.3. The van der Waals surface area contributed by atoms with Crippen LogP contribution in [-0.2, 0) is 9.59 Å². The molecule has 2 unspecified atom stereocenters. The third kappa shape index (κ3) is 1.47. The molecule has 0 aliphatic carbocycles. The number of rotatable bonds is 0. The Morgan fingerprint density at radius 3 is 1.82 bits per heavy atom. The Bertz CT molecular complexity index is 173. The van der Waals surface area contributed by atoms with Crippen LogP contribution in [-0.4, -0.2) is 40.9 Å². The van der Waals surface area contributed by atoms with Crippen LogP contribution < -0.4 is 10.6 Å². The predicted octanol–water partition coefficient (Wildman–Crippen LogP) is -3.09. The third-order valence-electron chi connectivity index (χ3n) is 1.36. The molecule has 11 heavy (non-hydrogen) atoms. The quantitative estimate of drug-likeness (QED) is 0.302. The molecule has 1 aliphatic rings. The van der Waals surface area contributed by atoms with E-state index in [1.807, 2.05) is 0 Å². The summed E-state index contributed by atoms with van der Waals surface area (Å²) in [6.07, 6.45) is -3.34. The number of amides is 2. The van der Waals surface area contributed by atoms with E-state index in [1.165, 1.54) is 0 Å². The molecule has 0 aromatic rings. The van der Waals surface area contributed by atoms with Gasteiger partial charge in [-0.1, -0.05) is 0 Å². The number of nitrogens with one attached hydrogen (secondary N) is 2. The van der Waals surface area contributed by atoms with E-state index >= 15 is 0 Å². The summed E-state index contributed by atoms with van der Waals surface area (Å²) in [7, 11) is 0. The van der Waals surface area contributed by atoms with E-state index in [2.05, 4.69) is 10.6 Å². The van der Waals surface area contributed by atoms with Gasteiger partial charge in [0, 0.05) is 0 Å². The van der Waals surface area contributed by atoms with Crippen LogP contribution in [0.3, 0.4) is 0 Å². The van der Waals surface area contributed by atoms with E-state index in [4.69, 9.17) is 10.2 Å². The van der Waals surface area contributed by atoms with Gasteiger partial charge in [0.15, 0.2) is 12.2 Å². The first-order chi connectivity index (χ1) is 5.13.